The molecule has 3 aromatic rings. The molecule has 0 aromatic heterocycles. The van der Waals surface area contributed by atoms with Crippen LogP contribution in [0.3, 0.4) is 0 Å². The molecule has 0 saturated heterocycles. The van der Waals surface area contributed by atoms with Gasteiger partial charge < -0.3 is 10.2 Å². The van der Waals surface area contributed by atoms with Crippen LogP contribution in [0.1, 0.15) is 37.8 Å². The van der Waals surface area contributed by atoms with Crippen LogP contribution >= 0.6 is 46.4 Å². The number of sulfonamides is 1. The van der Waals surface area contributed by atoms with E-state index in [1.165, 1.54) is 17.0 Å². The van der Waals surface area contributed by atoms with Gasteiger partial charge in [0.15, 0.2) is 0 Å². The van der Waals surface area contributed by atoms with E-state index in [4.69, 9.17) is 46.4 Å². The second kappa shape index (κ2) is 15.3. The Morgan fingerprint density at radius 3 is 2.12 bits per heavy atom. The molecule has 0 unspecified atom stereocenters. The van der Waals surface area contributed by atoms with Crippen LogP contribution in [-0.2, 0) is 32.6 Å². The summed E-state index contributed by atoms with van der Waals surface area (Å²) in [6.07, 6.45) is 1.39. The van der Waals surface area contributed by atoms with E-state index in [0.29, 0.717) is 20.6 Å². The highest BCUT2D eigenvalue weighted by Gasteiger charge is 2.32. The van der Waals surface area contributed by atoms with Crippen LogP contribution in [-0.4, -0.2) is 50.0 Å². The lowest BCUT2D eigenvalue weighted by Crippen LogP contribution is -2.52. The minimum Gasteiger partial charge on any atom is -0.352 e. The highest BCUT2D eigenvalue weighted by Crippen LogP contribution is 2.31. The third-order valence-electron chi connectivity index (χ3n) is 6.42. The number of hydrogen-bond acceptors (Lipinski definition) is 4. The summed E-state index contributed by atoms with van der Waals surface area (Å²) < 4.78 is 26.5. The Kier molecular flexibility index (Phi) is 12.4. The third kappa shape index (κ3) is 9.51. The van der Waals surface area contributed by atoms with Gasteiger partial charge in [0.25, 0.3) is 0 Å². The van der Waals surface area contributed by atoms with Gasteiger partial charge in [-0.2, -0.15) is 0 Å². The SMILES string of the molecule is CC(C)NC(=O)[C@H](Cc1ccccc1)N(Cc1c(Cl)cccc1Cl)C(=O)CCCN(c1cc(Cl)ccc1Cl)S(C)(=O)=O. The molecule has 0 aliphatic heterocycles. The molecule has 3 rings (SSSR count). The van der Waals surface area contributed by atoms with Crippen molar-refractivity contribution in [2.45, 2.75) is 51.7 Å². The summed E-state index contributed by atoms with van der Waals surface area (Å²) >= 11 is 25.4. The van der Waals surface area contributed by atoms with Gasteiger partial charge in [-0.3, -0.25) is 13.9 Å². The minimum atomic E-state index is -3.75. The van der Waals surface area contributed by atoms with E-state index in [0.717, 1.165) is 16.1 Å². The Labute approximate surface area is 267 Å². The quantitative estimate of drug-likeness (QED) is 0.212. The smallest absolute Gasteiger partial charge is 0.243 e. The summed E-state index contributed by atoms with van der Waals surface area (Å²) in [5.74, 6) is -0.690. The average molecular weight is 673 g/mol. The minimum absolute atomic E-state index is 0.0176. The number of nitrogens with zero attached hydrogens (tertiary/aromatic N) is 2. The van der Waals surface area contributed by atoms with Crippen molar-refractivity contribution in [1.29, 1.82) is 0 Å². The summed E-state index contributed by atoms with van der Waals surface area (Å²) in [7, 11) is -3.75. The zero-order chi connectivity index (χ0) is 31.0. The predicted octanol–water partition coefficient (Wildman–Crippen LogP) is 7.01. The van der Waals surface area contributed by atoms with E-state index >= 15 is 0 Å². The van der Waals surface area contributed by atoms with Crippen molar-refractivity contribution in [2.24, 2.45) is 0 Å². The lowest BCUT2D eigenvalue weighted by Gasteiger charge is -2.33. The first kappa shape index (κ1) is 34.0. The summed E-state index contributed by atoms with van der Waals surface area (Å²) in [5.41, 5.74) is 1.59. The Hall–Kier alpha value is -2.49. The predicted molar refractivity (Wildman–Crippen MR) is 172 cm³/mol. The fourth-order valence-corrected chi connectivity index (χ4v) is 6.37. The number of nitrogens with one attached hydrogen (secondary N) is 1. The molecule has 0 spiro atoms. The highest BCUT2D eigenvalue weighted by atomic mass is 35.5. The molecule has 12 heteroatoms. The molecule has 226 valence electrons. The van der Waals surface area contributed by atoms with Gasteiger partial charge in [-0.15, -0.1) is 0 Å². The molecule has 0 aliphatic rings. The van der Waals surface area contributed by atoms with Crippen molar-refractivity contribution < 1.29 is 18.0 Å². The molecule has 1 N–H and O–H groups in total. The van der Waals surface area contributed by atoms with Crippen molar-refractivity contribution in [3.8, 4) is 0 Å². The maximum atomic E-state index is 13.9. The van der Waals surface area contributed by atoms with Gasteiger partial charge in [-0.05, 0) is 56.2 Å². The van der Waals surface area contributed by atoms with Gasteiger partial charge in [0, 0.05) is 52.6 Å². The zero-order valence-corrected chi connectivity index (χ0v) is 27.3. The molecule has 0 saturated carbocycles. The Morgan fingerprint density at radius 1 is 0.881 bits per heavy atom. The molecule has 0 aliphatic carbocycles. The largest absolute Gasteiger partial charge is 0.352 e. The zero-order valence-electron chi connectivity index (χ0n) is 23.5. The topological polar surface area (TPSA) is 86.8 Å². The van der Waals surface area contributed by atoms with Crippen molar-refractivity contribution >= 4 is 73.9 Å². The molecule has 7 nitrogen and oxygen atoms in total. The lowest BCUT2D eigenvalue weighted by atomic mass is 10.0. The van der Waals surface area contributed by atoms with Crippen LogP contribution in [0.5, 0.6) is 0 Å². The van der Waals surface area contributed by atoms with E-state index in [2.05, 4.69) is 5.32 Å². The molecule has 3 aromatic carbocycles. The molecule has 0 heterocycles. The molecule has 2 amide bonds. The first-order chi connectivity index (χ1) is 19.8. The summed E-state index contributed by atoms with van der Waals surface area (Å²) in [6.45, 7) is 3.63. The van der Waals surface area contributed by atoms with E-state index < -0.39 is 16.1 Å². The van der Waals surface area contributed by atoms with Gasteiger partial charge >= 0.3 is 0 Å². The average Bonchev–Trinajstić information content (AvgIpc) is 2.91. The highest BCUT2D eigenvalue weighted by molar-refractivity contribution is 7.92. The molecule has 0 radical (unpaired) electrons. The molecular formula is C30H33Cl4N3O4S. The van der Waals surface area contributed by atoms with Crippen LogP contribution in [0.15, 0.2) is 66.7 Å². The monoisotopic (exact) mass is 671 g/mol. The van der Waals surface area contributed by atoms with Crippen LogP contribution in [0.25, 0.3) is 0 Å². The number of benzene rings is 3. The fraction of sp³-hybridized carbons (Fsp3) is 0.333. The standard InChI is InChI=1S/C30H33Cl4N3O4S/c1-20(2)35-30(39)28(17-21-9-5-4-6-10-21)36(19-23-24(32)11-7-12-25(23)33)29(38)13-8-16-37(42(3,40)41)27-18-22(31)14-15-26(27)34/h4-7,9-12,14-15,18,20,28H,8,13,16-17,19H2,1-3H3,(H,35,39)/t28-/m0/s1. The van der Waals surface area contributed by atoms with Crippen LogP contribution in [0.4, 0.5) is 5.69 Å². The maximum Gasteiger partial charge on any atom is 0.243 e. The van der Waals surface area contributed by atoms with Gasteiger partial charge in [-0.25, -0.2) is 8.42 Å². The van der Waals surface area contributed by atoms with Gasteiger partial charge in [-0.1, -0.05) is 82.8 Å². The Bertz CT molecular complexity index is 1480. The lowest BCUT2D eigenvalue weighted by molar-refractivity contribution is -0.141. The second-order valence-electron chi connectivity index (χ2n) is 10.1. The molecule has 0 fully saturated rings. The van der Waals surface area contributed by atoms with Crippen molar-refractivity contribution in [2.75, 3.05) is 17.1 Å². The number of carbonyl (C=O) groups is 2. The molecule has 0 bridgehead atoms. The number of anilines is 1. The van der Waals surface area contributed by atoms with E-state index in [-0.39, 0.29) is 60.9 Å². The van der Waals surface area contributed by atoms with Crippen molar-refractivity contribution in [3.05, 3.63) is 97.9 Å². The second-order valence-corrected chi connectivity index (χ2v) is 13.7. The number of rotatable bonds is 13. The van der Waals surface area contributed by atoms with Crippen LogP contribution in [0, 0.1) is 0 Å². The fourth-order valence-electron chi connectivity index (χ4n) is 4.45. The van der Waals surface area contributed by atoms with Crippen molar-refractivity contribution in [3.63, 3.8) is 0 Å². The summed E-state index contributed by atoms with van der Waals surface area (Å²) in [4.78, 5) is 28.9. The number of carbonyl (C=O) groups excluding carboxylic acids is 2. The van der Waals surface area contributed by atoms with Crippen LogP contribution < -0.4 is 9.62 Å². The van der Waals surface area contributed by atoms with Gasteiger partial charge in [0.1, 0.15) is 6.04 Å². The first-order valence-electron chi connectivity index (χ1n) is 13.3. The molecule has 42 heavy (non-hydrogen) atoms. The van der Waals surface area contributed by atoms with Crippen molar-refractivity contribution in [1.82, 2.24) is 10.2 Å². The third-order valence-corrected chi connectivity index (χ3v) is 8.86. The maximum absolute atomic E-state index is 13.9. The summed E-state index contributed by atoms with van der Waals surface area (Å²) in [5, 5.41) is 4.18. The van der Waals surface area contributed by atoms with E-state index in [1.807, 2.05) is 44.2 Å². The Balaban J connectivity index is 1.94. The molecule has 1 atom stereocenters. The summed E-state index contributed by atoms with van der Waals surface area (Å²) in [6, 6.07) is 17.9. The Morgan fingerprint density at radius 2 is 1.52 bits per heavy atom. The van der Waals surface area contributed by atoms with E-state index in [1.54, 1.807) is 24.3 Å². The molecular weight excluding hydrogens is 640 g/mol. The number of hydrogen-bond donors (Lipinski definition) is 1. The van der Waals surface area contributed by atoms with E-state index in [9.17, 15) is 18.0 Å². The van der Waals surface area contributed by atoms with Gasteiger partial charge in [0.05, 0.1) is 17.0 Å². The van der Waals surface area contributed by atoms with Crippen LogP contribution in [0.2, 0.25) is 20.1 Å². The normalized spacial score (nSPS) is 12.2. The van der Waals surface area contributed by atoms with Gasteiger partial charge in [0.2, 0.25) is 21.8 Å². The number of halogens is 4. The number of amides is 2. The first-order valence-corrected chi connectivity index (χ1v) is 16.6.